The minimum absolute atomic E-state index is 0.402. The molecule has 0 heterocycles. The summed E-state index contributed by atoms with van der Waals surface area (Å²) in [5.74, 6) is -1.44. The maximum atomic E-state index is 13.2. The second kappa shape index (κ2) is 3.73. The molecular formula is C8H16F2O3S. The summed E-state index contributed by atoms with van der Waals surface area (Å²) in [7, 11) is -5.33. The highest BCUT2D eigenvalue weighted by Crippen LogP contribution is 2.43. The largest absolute Gasteiger partial charge is 0.372 e. The van der Waals surface area contributed by atoms with Gasteiger partial charge in [0.25, 0.3) is 0 Å². The molecule has 3 nitrogen and oxygen atoms in total. The summed E-state index contributed by atoms with van der Waals surface area (Å²) in [4.78, 5) is 0. The van der Waals surface area contributed by atoms with Crippen molar-refractivity contribution in [3.8, 4) is 0 Å². The number of rotatable bonds is 4. The zero-order valence-electron chi connectivity index (χ0n) is 8.71. The molecule has 0 aliphatic rings. The fraction of sp³-hybridized carbons (Fsp3) is 1.00. The Kier molecular flexibility index (Phi) is 3.67. The van der Waals surface area contributed by atoms with Crippen molar-refractivity contribution in [2.75, 3.05) is 0 Å². The third-order valence-corrected chi connectivity index (χ3v) is 3.97. The maximum absolute atomic E-state index is 13.2. The van der Waals surface area contributed by atoms with Crippen molar-refractivity contribution in [2.24, 2.45) is 11.3 Å². The van der Waals surface area contributed by atoms with E-state index < -0.39 is 26.7 Å². The molecule has 0 aromatic rings. The smallest absolute Gasteiger partial charge is 0.281 e. The van der Waals surface area contributed by atoms with E-state index >= 15 is 0 Å². The topological polar surface area (TPSA) is 54.4 Å². The predicted molar refractivity (Wildman–Crippen MR) is 49.7 cm³/mol. The molecule has 0 fully saturated rings. The van der Waals surface area contributed by atoms with E-state index in [2.05, 4.69) is 0 Å². The number of hydrogen-bond donors (Lipinski definition) is 1. The highest BCUT2D eigenvalue weighted by Gasteiger charge is 2.54. The van der Waals surface area contributed by atoms with Crippen molar-refractivity contribution in [3.05, 3.63) is 0 Å². The molecule has 6 heteroatoms. The zero-order chi connectivity index (χ0) is 11.8. The molecule has 0 bridgehead atoms. The summed E-state index contributed by atoms with van der Waals surface area (Å²) in [6, 6.07) is 0. The second-order valence-corrected chi connectivity index (χ2v) is 5.60. The highest BCUT2D eigenvalue weighted by molar-refractivity contribution is 7.86. The SMILES string of the molecule is CCC(C)(C)C(C)C(F)(F)S(=O)(=O)O. The van der Waals surface area contributed by atoms with Gasteiger partial charge in [0.15, 0.2) is 0 Å². The van der Waals surface area contributed by atoms with E-state index in [0.29, 0.717) is 6.42 Å². The Morgan fingerprint density at radius 1 is 1.36 bits per heavy atom. The normalized spacial score (nSPS) is 16.8. The molecule has 0 radical (unpaired) electrons. The van der Waals surface area contributed by atoms with Crippen LogP contribution in [0.4, 0.5) is 8.78 Å². The number of halogens is 2. The van der Waals surface area contributed by atoms with E-state index in [9.17, 15) is 17.2 Å². The van der Waals surface area contributed by atoms with E-state index in [1.165, 1.54) is 13.8 Å². The quantitative estimate of drug-likeness (QED) is 0.755. The average Bonchev–Trinajstić information content (AvgIpc) is 2.01. The van der Waals surface area contributed by atoms with E-state index in [0.717, 1.165) is 6.92 Å². The van der Waals surface area contributed by atoms with Gasteiger partial charge in [-0.3, -0.25) is 4.55 Å². The third-order valence-electron chi connectivity index (χ3n) is 2.93. The first kappa shape index (κ1) is 13.8. The number of alkyl halides is 2. The molecule has 0 saturated carbocycles. The molecule has 0 saturated heterocycles. The van der Waals surface area contributed by atoms with Gasteiger partial charge in [-0.05, 0) is 5.41 Å². The lowest BCUT2D eigenvalue weighted by molar-refractivity contribution is -0.0298. The van der Waals surface area contributed by atoms with Gasteiger partial charge in [0, 0.05) is 5.92 Å². The van der Waals surface area contributed by atoms with Crippen molar-refractivity contribution in [3.63, 3.8) is 0 Å². The summed E-state index contributed by atoms with van der Waals surface area (Å²) in [6.45, 7) is 5.89. The molecule has 1 unspecified atom stereocenters. The minimum atomic E-state index is -5.33. The van der Waals surface area contributed by atoms with Gasteiger partial charge in [0.1, 0.15) is 0 Å². The molecule has 1 N–H and O–H groups in total. The van der Waals surface area contributed by atoms with Crippen molar-refractivity contribution >= 4 is 10.1 Å². The van der Waals surface area contributed by atoms with Gasteiger partial charge in [0.2, 0.25) is 0 Å². The molecule has 86 valence electrons. The molecule has 0 aliphatic carbocycles. The Hall–Kier alpha value is -0.230. The summed E-state index contributed by atoms with van der Waals surface area (Å²) in [5.41, 5.74) is -0.848. The van der Waals surface area contributed by atoms with Crippen LogP contribution < -0.4 is 0 Å². The number of hydrogen-bond acceptors (Lipinski definition) is 2. The van der Waals surface area contributed by atoms with Crippen molar-refractivity contribution < 1.29 is 21.8 Å². The Labute approximate surface area is 83.3 Å². The van der Waals surface area contributed by atoms with Gasteiger partial charge in [-0.2, -0.15) is 17.2 Å². The lowest BCUT2D eigenvalue weighted by Gasteiger charge is -2.34. The van der Waals surface area contributed by atoms with Crippen LogP contribution in [-0.4, -0.2) is 18.2 Å². The monoisotopic (exact) mass is 230 g/mol. The Balaban J connectivity index is 5.14. The van der Waals surface area contributed by atoms with E-state index in [1.54, 1.807) is 6.92 Å². The molecular weight excluding hydrogens is 214 g/mol. The summed E-state index contributed by atoms with van der Waals surface area (Å²) in [6.07, 6.45) is 0.402. The van der Waals surface area contributed by atoms with Crippen molar-refractivity contribution in [1.29, 1.82) is 0 Å². The first-order valence-electron chi connectivity index (χ1n) is 4.31. The fourth-order valence-electron chi connectivity index (χ4n) is 0.984. The Morgan fingerprint density at radius 3 is 1.93 bits per heavy atom. The van der Waals surface area contributed by atoms with Crippen LogP contribution in [0.3, 0.4) is 0 Å². The van der Waals surface area contributed by atoms with Crippen LogP contribution in [0.15, 0.2) is 0 Å². The summed E-state index contributed by atoms with van der Waals surface area (Å²) >= 11 is 0. The van der Waals surface area contributed by atoms with E-state index in [4.69, 9.17) is 4.55 Å². The van der Waals surface area contributed by atoms with Gasteiger partial charge in [-0.1, -0.05) is 34.1 Å². The highest BCUT2D eigenvalue weighted by atomic mass is 32.2. The van der Waals surface area contributed by atoms with Crippen molar-refractivity contribution in [1.82, 2.24) is 0 Å². The first-order valence-corrected chi connectivity index (χ1v) is 5.75. The van der Waals surface area contributed by atoms with Crippen LogP contribution in [0.25, 0.3) is 0 Å². The fourth-order valence-corrected chi connectivity index (χ4v) is 1.75. The summed E-state index contributed by atoms with van der Waals surface area (Å²) in [5, 5.41) is -4.09. The van der Waals surface area contributed by atoms with Crippen LogP contribution >= 0.6 is 0 Å². The van der Waals surface area contributed by atoms with Crippen LogP contribution in [0.1, 0.15) is 34.1 Å². The Bertz CT molecular complexity index is 296. The van der Waals surface area contributed by atoms with Gasteiger partial charge in [-0.25, -0.2) is 0 Å². The minimum Gasteiger partial charge on any atom is -0.281 e. The van der Waals surface area contributed by atoms with Crippen LogP contribution in [0.5, 0.6) is 0 Å². The average molecular weight is 230 g/mol. The maximum Gasteiger partial charge on any atom is 0.372 e. The summed E-state index contributed by atoms with van der Waals surface area (Å²) < 4.78 is 55.7. The Morgan fingerprint density at radius 2 is 1.71 bits per heavy atom. The third kappa shape index (κ3) is 2.42. The van der Waals surface area contributed by atoms with Crippen LogP contribution in [0.2, 0.25) is 0 Å². The zero-order valence-corrected chi connectivity index (χ0v) is 9.53. The lowest BCUT2D eigenvalue weighted by Crippen LogP contribution is -2.42. The van der Waals surface area contributed by atoms with Gasteiger partial charge >= 0.3 is 15.4 Å². The molecule has 0 rings (SSSR count). The molecule has 1 atom stereocenters. The molecule has 0 amide bonds. The van der Waals surface area contributed by atoms with Crippen LogP contribution in [-0.2, 0) is 10.1 Å². The standard InChI is InChI=1S/C8H16F2O3S/c1-5-7(3,4)6(2)8(9,10)14(11,12)13/h6H,5H2,1-4H3,(H,11,12,13). The molecule has 0 spiro atoms. The second-order valence-electron chi connectivity index (χ2n) is 4.10. The predicted octanol–water partition coefficient (Wildman–Crippen LogP) is 2.54. The van der Waals surface area contributed by atoms with Gasteiger partial charge in [0.05, 0.1) is 0 Å². The molecule has 0 aliphatic heterocycles. The van der Waals surface area contributed by atoms with Crippen LogP contribution in [0, 0.1) is 11.3 Å². The lowest BCUT2D eigenvalue weighted by atomic mass is 9.78. The molecule has 0 aromatic heterocycles. The first-order chi connectivity index (χ1) is 5.97. The van der Waals surface area contributed by atoms with E-state index in [1.807, 2.05) is 0 Å². The molecule has 0 aromatic carbocycles. The van der Waals surface area contributed by atoms with Crippen molar-refractivity contribution in [2.45, 2.75) is 39.4 Å². The molecule has 14 heavy (non-hydrogen) atoms. The van der Waals surface area contributed by atoms with E-state index in [-0.39, 0.29) is 0 Å². The van der Waals surface area contributed by atoms with Gasteiger partial charge in [-0.15, -0.1) is 0 Å². The van der Waals surface area contributed by atoms with Gasteiger partial charge < -0.3 is 0 Å².